The van der Waals surface area contributed by atoms with Gasteiger partial charge < -0.3 is 19.9 Å². The number of carbonyl (C=O) groups excluding carboxylic acids is 1. The molecule has 2 saturated heterocycles. The number of ether oxygens (including phenoxy) is 2. The van der Waals surface area contributed by atoms with Crippen LogP contribution in [0.15, 0.2) is 46.0 Å². The number of fused-ring (bicyclic) bond motifs is 1. The Morgan fingerprint density at radius 3 is 2.77 bits per heavy atom. The molecule has 4 atom stereocenters. The van der Waals surface area contributed by atoms with E-state index in [1.165, 1.54) is 42.4 Å². The maximum atomic E-state index is 15.6. The highest BCUT2D eigenvalue weighted by Crippen LogP contribution is 2.42. The number of benzene rings is 1. The molecule has 0 saturated carbocycles. The summed E-state index contributed by atoms with van der Waals surface area (Å²) < 4.78 is 56.5. The highest BCUT2D eigenvalue weighted by molar-refractivity contribution is 7.11. The number of carbonyl (C=O) groups is 2. The third kappa shape index (κ3) is 5.98. The quantitative estimate of drug-likeness (QED) is 0.355. The standard InChI is InChI=1S/C29H34F3N5O6S/c1-5-42-26(38)21-19(34-24(25-33-10-12-44-25)35-22(21)17-7-6-8-18(30)16(17)2)13-36-15-29(31,32)23-20(36)14-43-37(23)11-9-28(3,41-4)27(39)40/h6-8,10,12,20,22-23H,5,9,11,13-15H2,1-4H3,(H,34,35)(H,39,40)/t20-,22+,23+,28+/m1/s1. The molecule has 3 aliphatic heterocycles. The normalized spacial score (nSPS) is 24.9. The summed E-state index contributed by atoms with van der Waals surface area (Å²) in [5, 5.41) is 16.1. The summed E-state index contributed by atoms with van der Waals surface area (Å²) in [6.07, 6.45) is 1.51. The SMILES string of the molecule is CCOC(=O)C1=C(CN2CC(F)(F)[C@@H]3[C@H]2CON3CC[C@](C)(OC)C(=O)O)NC(c2nccs2)=N[C@H]1c1cccc(F)c1C. The molecule has 1 aromatic carbocycles. The van der Waals surface area contributed by atoms with Gasteiger partial charge in [0.25, 0.3) is 5.92 Å². The van der Waals surface area contributed by atoms with Crippen LogP contribution in [0.25, 0.3) is 0 Å². The predicted molar refractivity (Wildman–Crippen MR) is 154 cm³/mol. The Bertz CT molecular complexity index is 1470. The van der Waals surface area contributed by atoms with Crippen molar-refractivity contribution >= 4 is 29.1 Å². The van der Waals surface area contributed by atoms with E-state index in [1.54, 1.807) is 31.5 Å². The summed E-state index contributed by atoms with van der Waals surface area (Å²) >= 11 is 1.30. The van der Waals surface area contributed by atoms with E-state index in [4.69, 9.17) is 19.3 Å². The van der Waals surface area contributed by atoms with Gasteiger partial charge in [-0.1, -0.05) is 12.1 Å². The van der Waals surface area contributed by atoms with Crippen molar-refractivity contribution in [2.75, 3.05) is 40.0 Å². The minimum atomic E-state index is -3.22. The summed E-state index contributed by atoms with van der Waals surface area (Å²) in [5.41, 5.74) is -0.484. The Morgan fingerprint density at radius 1 is 1.34 bits per heavy atom. The second kappa shape index (κ2) is 12.6. The van der Waals surface area contributed by atoms with Crippen molar-refractivity contribution in [2.45, 2.75) is 56.8 Å². The smallest absolute Gasteiger partial charge is 0.338 e. The van der Waals surface area contributed by atoms with E-state index in [2.05, 4.69) is 10.3 Å². The number of methoxy groups -OCH3 is 1. The average molecular weight is 638 g/mol. The number of hydroxylamine groups is 2. The number of nitrogens with one attached hydrogen (secondary N) is 1. The van der Waals surface area contributed by atoms with Crippen LogP contribution < -0.4 is 5.32 Å². The van der Waals surface area contributed by atoms with Crippen molar-refractivity contribution in [1.82, 2.24) is 20.3 Å². The van der Waals surface area contributed by atoms with Gasteiger partial charge in [-0.15, -0.1) is 11.3 Å². The monoisotopic (exact) mass is 637 g/mol. The molecule has 238 valence electrons. The number of alkyl halides is 2. The number of carboxylic acid groups (broad SMARTS) is 1. The Morgan fingerprint density at radius 2 is 2.11 bits per heavy atom. The van der Waals surface area contributed by atoms with Crippen molar-refractivity contribution in [3.05, 3.63) is 63.0 Å². The first-order chi connectivity index (χ1) is 20.9. The molecule has 4 heterocycles. The number of rotatable bonds is 11. The van der Waals surface area contributed by atoms with Crippen LogP contribution in [0, 0.1) is 12.7 Å². The highest BCUT2D eigenvalue weighted by Gasteiger charge is 2.61. The minimum Gasteiger partial charge on any atom is -0.479 e. The van der Waals surface area contributed by atoms with E-state index in [1.807, 2.05) is 0 Å². The molecular formula is C29H34F3N5O6S. The molecule has 15 heteroatoms. The fraction of sp³-hybridized carbons (Fsp3) is 0.517. The molecule has 2 fully saturated rings. The summed E-state index contributed by atoms with van der Waals surface area (Å²) in [5.74, 6) is -5.30. The van der Waals surface area contributed by atoms with Crippen LogP contribution >= 0.6 is 11.3 Å². The van der Waals surface area contributed by atoms with Gasteiger partial charge in [0.1, 0.15) is 17.9 Å². The third-order valence-electron chi connectivity index (χ3n) is 8.34. The molecule has 0 unspecified atom stereocenters. The van der Waals surface area contributed by atoms with Crippen LogP contribution in [0.2, 0.25) is 0 Å². The minimum absolute atomic E-state index is 0.0551. The van der Waals surface area contributed by atoms with Crippen LogP contribution in [-0.4, -0.2) is 101 Å². The number of halogens is 3. The van der Waals surface area contributed by atoms with Gasteiger partial charge in [0.05, 0.1) is 31.4 Å². The number of carboxylic acids is 1. The molecule has 0 aliphatic carbocycles. The second-order valence-corrected chi connectivity index (χ2v) is 11.9. The van der Waals surface area contributed by atoms with E-state index in [-0.39, 0.29) is 44.0 Å². The molecule has 44 heavy (non-hydrogen) atoms. The summed E-state index contributed by atoms with van der Waals surface area (Å²) in [4.78, 5) is 41.4. The fourth-order valence-electron chi connectivity index (χ4n) is 5.78. The van der Waals surface area contributed by atoms with Gasteiger partial charge in [0.15, 0.2) is 16.4 Å². The lowest BCUT2D eigenvalue weighted by atomic mass is 9.92. The number of thiazole rings is 1. The van der Waals surface area contributed by atoms with Crippen LogP contribution in [-0.2, 0) is 23.9 Å². The Labute approximate surface area is 256 Å². The number of amidine groups is 1. The van der Waals surface area contributed by atoms with Crippen LogP contribution in [0.5, 0.6) is 0 Å². The first-order valence-corrected chi connectivity index (χ1v) is 15.0. The van der Waals surface area contributed by atoms with Crippen molar-refractivity contribution in [1.29, 1.82) is 0 Å². The van der Waals surface area contributed by atoms with Crippen molar-refractivity contribution in [2.24, 2.45) is 4.99 Å². The van der Waals surface area contributed by atoms with E-state index in [0.717, 1.165) is 5.06 Å². The maximum Gasteiger partial charge on any atom is 0.338 e. The first-order valence-electron chi connectivity index (χ1n) is 14.1. The molecule has 11 nitrogen and oxygen atoms in total. The van der Waals surface area contributed by atoms with Crippen molar-refractivity contribution in [3.8, 4) is 0 Å². The van der Waals surface area contributed by atoms with Gasteiger partial charge in [-0.05, 0) is 38.0 Å². The Balaban J connectivity index is 1.50. The lowest BCUT2D eigenvalue weighted by molar-refractivity contribution is -0.192. The van der Waals surface area contributed by atoms with Crippen molar-refractivity contribution in [3.63, 3.8) is 0 Å². The van der Waals surface area contributed by atoms with Crippen LogP contribution in [0.1, 0.15) is 42.4 Å². The molecule has 2 aromatic rings. The number of aliphatic imine (C=N–C) groups is 1. The number of hydrogen-bond acceptors (Lipinski definition) is 11. The van der Waals surface area contributed by atoms with E-state index >= 15 is 8.78 Å². The second-order valence-electron chi connectivity index (χ2n) is 11.0. The number of nitrogens with zero attached hydrogens (tertiary/aromatic N) is 4. The molecule has 2 N–H and O–H groups in total. The Kier molecular flexibility index (Phi) is 9.14. The molecule has 3 aliphatic rings. The molecule has 0 amide bonds. The van der Waals surface area contributed by atoms with Crippen LogP contribution in [0.3, 0.4) is 0 Å². The largest absolute Gasteiger partial charge is 0.479 e. The summed E-state index contributed by atoms with van der Waals surface area (Å²) in [6.45, 7) is 3.73. The number of aliphatic carboxylic acids is 1. The highest BCUT2D eigenvalue weighted by atomic mass is 32.1. The topological polar surface area (TPSA) is 126 Å². The molecule has 0 bridgehead atoms. The average Bonchev–Trinajstić information content (AvgIpc) is 3.72. The lowest BCUT2D eigenvalue weighted by Gasteiger charge is -2.31. The zero-order valence-corrected chi connectivity index (χ0v) is 25.5. The molecule has 5 rings (SSSR count). The van der Waals surface area contributed by atoms with Gasteiger partial charge in [-0.2, -0.15) is 5.06 Å². The predicted octanol–water partition coefficient (Wildman–Crippen LogP) is 3.31. The summed E-state index contributed by atoms with van der Waals surface area (Å²) in [7, 11) is 1.25. The number of aromatic nitrogens is 1. The number of hydrogen-bond donors (Lipinski definition) is 2. The maximum absolute atomic E-state index is 15.6. The van der Waals surface area contributed by atoms with E-state index in [0.29, 0.717) is 22.0 Å². The van der Waals surface area contributed by atoms with E-state index in [9.17, 15) is 19.1 Å². The van der Waals surface area contributed by atoms with Gasteiger partial charge in [0.2, 0.25) is 0 Å². The van der Waals surface area contributed by atoms with Crippen LogP contribution in [0.4, 0.5) is 13.2 Å². The molecule has 0 radical (unpaired) electrons. The van der Waals surface area contributed by atoms with E-state index < -0.39 is 53.9 Å². The lowest BCUT2D eigenvalue weighted by Crippen LogP contribution is -2.48. The third-order valence-corrected chi connectivity index (χ3v) is 9.12. The first kappa shape index (κ1) is 32.0. The molecular weight excluding hydrogens is 603 g/mol. The van der Waals surface area contributed by atoms with Gasteiger partial charge in [-0.3, -0.25) is 14.7 Å². The number of likely N-dealkylation sites (tertiary alicyclic amines) is 1. The zero-order chi connectivity index (χ0) is 31.8. The van der Waals surface area contributed by atoms with Gasteiger partial charge in [-0.25, -0.2) is 27.7 Å². The Hall–Kier alpha value is -3.37. The molecule has 0 spiro atoms. The van der Waals surface area contributed by atoms with Crippen molar-refractivity contribution < 1.29 is 42.2 Å². The zero-order valence-electron chi connectivity index (χ0n) is 24.7. The molecule has 1 aromatic heterocycles. The van der Waals surface area contributed by atoms with Gasteiger partial charge in [0, 0.05) is 43.9 Å². The number of esters is 1. The summed E-state index contributed by atoms with van der Waals surface area (Å²) in [6, 6.07) is 1.37. The van der Waals surface area contributed by atoms with Gasteiger partial charge >= 0.3 is 11.9 Å². The fourth-order valence-corrected chi connectivity index (χ4v) is 6.37.